The first-order chi connectivity index (χ1) is 7.25. The van der Waals surface area contributed by atoms with Gasteiger partial charge in [-0.25, -0.2) is 4.98 Å². The zero-order chi connectivity index (χ0) is 10.7. The fourth-order valence-electron chi connectivity index (χ4n) is 1.53. The molecule has 0 spiro atoms. The first-order valence-corrected chi connectivity index (χ1v) is 5.66. The Bertz CT molecular complexity index is 342. The van der Waals surface area contributed by atoms with Crippen LogP contribution in [0.25, 0.3) is 0 Å². The lowest BCUT2D eigenvalue weighted by molar-refractivity contribution is 0.0335. The lowest BCUT2D eigenvalue weighted by atomic mass is 10.3. The van der Waals surface area contributed by atoms with E-state index >= 15 is 0 Å². The van der Waals surface area contributed by atoms with Gasteiger partial charge in [-0.3, -0.25) is 4.90 Å². The van der Waals surface area contributed by atoms with Crippen LogP contribution in [-0.4, -0.2) is 36.2 Å². The lowest BCUT2D eigenvalue weighted by Gasteiger charge is -2.26. The Hall–Kier alpha value is -0.520. The molecule has 3 nitrogen and oxygen atoms in total. The summed E-state index contributed by atoms with van der Waals surface area (Å²) in [6.07, 6.45) is 0. The van der Waals surface area contributed by atoms with E-state index in [0.717, 1.165) is 32.0 Å². The van der Waals surface area contributed by atoms with Crippen LogP contribution in [0.5, 0.6) is 0 Å². The molecule has 0 amide bonds. The van der Waals surface area contributed by atoms with E-state index < -0.39 is 5.95 Å². The van der Waals surface area contributed by atoms with Gasteiger partial charge in [0.1, 0.15) is 0 Å². The predicted molar refractivity (Wildman–Crippen MR) is 58.0 cm³/mol. The summed E-state index contributed by atoms with van der Waals surface area (Å²) in [5, 5.41) is 0. The molecule has 2 heterocycles. The maximum Gasteiger partial charge on any atom is 0.227 e. The summed E-state index contributed by atoms with van der Waals surface area (Å²) in [5.41, 5.74) is 0.762. The molecule has 0 atom stereocenters. The molecule has 0 radical (unpaired) electrons. The SMILES string of the molecule is Fc1nc(CN2CCOCC2)ccc1Br. The van der Waals surface area contributed by atoms with Crippen molar-refractivity contribution in [1.82, 2.24) is 9.88 Å². The van der Waals surface area contributed by atoms with Crippen LogP contribution in [0.2, 0.25) is 0 Å². The zero-order valence-corrected chi connectivity index (χ0v) is 9.83. The molecule has 0 bridgehead atoms. The maximum absolute atomic E-state index is 13.1. The van der Waals surface area contributed by atoms with Gasteiger partial charge in [-0.1, -0.05) is 0 Å². The Morgan fingerprint density at radius 3 is 2.80 bits per heavy atom. The third-order valence-corrected chi connectivity index (χ3v) is 2.94. The van der Waals surface area contributed by atoms with Gasteiger partial charge in [-0.2, -0.15) is 4.39 Å². The Labute approximate surface area is 96.4 Å². The normalized spacial score (nSPS) is 18.0. The molecule has 82 valence electrons. The number of rotatable bonds is 2. The predicted octanol–water partition coefficient (Wildman–Crippen LogP) is 1.82. The van der Waals surface area contributed by atoms with Gasteiger partial charge in [0.2, 0.25) is 5.95 Å². The maximum atomic E-state index is 13.1. The second-order valence-corrected chi connectivity index (χ2v) is 4.32. The Kier molecular flexibility index (Phi) is 3.66. The van der Waals surface area contributed by atoms with E-state index in [0.29, 0.717) is 11.0 Å². The minimum atomic E-state index is -0.444. The highest BCUT2D eigenvalue weighted by molar-refractivity contribution is 9.10. The van der Waals surface area contributed by atoms with Crippen LogP contribution in [0, 0.1) is 5.95 Å². The summed E-state index contributed by atoms with van der Waals surface area (Å²) in [4.78, 5) is 6.08. The molecule has 1 saturated heterocycles. The molecule has 1 fully saturated rings. The molecule has 0 aliphatic carbocycles. The van der Waals surface area contributed by atoms with Crippen molar-refractivity contribution in [2.45, 2.75) is 6.54 Å². The van der Waals surface area contributed by atoms with Gasteiger partial charge in [-0.15, -0.1) is 0 Å². The number of pyridine rings is 1. The van der Waals surface area contributed by atoms with E-state index in [-0.39, 0.29) is 0 Å². The number of hydrogen-bond acceptors (Lipinski definition) is 3. The molecule has 0 unspecified atom stereocenters. The summed E-state index contributed by atoms with van der Waals surface area (Å²) in [7, 11) is 0. The standard InChI is InChI=1S/C10H12BrFN2O/c11-9-2-1-8(13-10(9)12)7-14-3-5-15-6-4-14/h1-2H,3-7H2. The third-order valence-electron chi connectivity index (χ3n) is 2.35. The highest BCUT2D eigenvalue weighted by Gasteiger charge is 2.12. The van der Waals surface area contributed by atoms with E-state index in [4.69, 9.17) is 4.74 Å². The average molecular weight is 275 g/mol. The van der Waals surface area contributed by atoms with Crippen molar-refractivity contribution >= 4 is 15.9 Å². The largest absolute Gasteiger partial charge is 0.379 e. The lowest BCUT2D eigenvalue weighted by Crippen LogP contribution is -2.35. The van der Waals surface area contributed by atoms with Crippen LogP contribution < -0.4 is 0 Å². The van der Waals surface area contributed by atoms with Crippen molar-refractivity contribution < 1.29 is 9.13 Å². The van der Waals surface area contributed by atoms with Crippen LogP contribution in [0.15, 0.2) is 16.6 Å². The molecule has 5 heteroatoms. The van der Waals surface area contributed by atoms with Crippen LogP contribution in [0.4, 0.5) is 4.39 Å². The molecule has 2 rings (SSSR count). The molecule has 1 aliphatic rings. The van der Waals surface area contributed by atoms with Gasteiger partial charge in [0, 0.05) is 19.6 Å². The van der Waals surface area contributed by atoms with Gasteiger partial charge < -0.3 is 4.74 Å². The molecule has 0 aromatic carbocycles. The third kappa shape index (κ3) is 2.96. The summed E-state index contributed by atoms with van der Waals surface area (Å²) in [6.45, 7) is 3.96. The van der Waals surface area contributed by atoms with E-state index in [1.54, 1.807) is 6.07 Å². The number of morpholine rings is 1. The van der Waals surface area contributed by atoms with E-state index in [2.05, 4.69) is 25.8 Å². The first-order valence-electron chi connectivity index (χ1n) is 4.87. The second kappa shape index (κ2) is 5.01. The van der Waals surface area contributed by atoms with Crippen LogP contribution in [0.1, 0.15) is 5.69 Å². The van der Waals surface area contributed by atoms with Gasteiger partial charge in [0.25, 0.3) is 0 Å². The number of ether oxygens (including phenoxy) is 1. The zero-order valence-electron chi connectivity index (χ0n) is 8.25. The highest BCUT2D eigenvalue weighted by atomic mass is 79.9. The fourth-order valence-corrected chi connectivity index (χ4v) is 1.75. The van der Waals surface area contributed by atoms with Gasteiger partial charge in [0.05, 0.1) is 23.4 Å². The van der Waals surface area contributed by atoms with Gasteiger partial charge >= 0.3 is 0 Å². The second-order valence-electron chi connectivity index (χ2n) is 3.46. The van der Waals surface area contributed by atoms with Crippen molar-refractivity contribution in [3.8, 4) is 0 Å². The highest BCUT2D eigenvalue weighted by Crippen LogP contribution is 2.14. The van der Waals surface area contributed by atoms with Crippen LogP contribution in [0.3, 0.4) is 0 Å². The molecule has 1 aromatic rings. The van der Waals surface area contributed by atoms with Crippen molar-refractivity contribution in [2.24, 2.45) is 0 Å². The molecule has 0 N–H and O–H groups in total. The van der Waals surface area contributed by atoms with Crippen molar-refractivity contribution in [2.75, 3.05) is 26.3 Å². The quantitative estimate of drug-likeness (QED) is 0.770. The van der Waals surface area contributed by atoms with E-state index in [1.165, 1.54) is 0 Å². The van der Waals surface area contributed by atoms with E-state index in [1.807, 2.05) is 6.07 Å². The Balaban J connectivity index is 2.00. The smallest absolute Gasteiger partial charge is 0.227 e. The molecular formula is C10H12BrFN2O. The molecular weight excluding hydrogens is 263 g/mol. The summed E-state index contributed by atoms with van der Waals surface area (Å²) in [6, 6.07) is 3.53. The van der Waals surface area contributed by atoms with Crippen LogP contribution in [-0.2, 0) is 11.3 Å². The van der Waals surface area contributed by atoms with Crippen molar-refractivity contribution in [1.29, 1.82) is 0 Å². The minimum Gasteiger partial charge on any atom is -0.379 e. The summed E-state index contributed by atoms with van der Waals surface area (Å²) in [5.74, 6) is -0.444. The average Bonchev–Trinajstić information content (AvgIpc) is 2.25. The van der Waals surface area contributed by atoms with Gasteiger partial charge in [-0.05, 0) is 28.1 Å². The Morgan fingerprint density at radius 2 is 2.13 bits per heavy atom. The summed E-state index contributed by atoms with van der Waals surface area (Å²) < 4.78 is 18.8. The minimum absolute atomic E-state index is 0.410. The number of hydrogen-bond donors (Lipinski definition) is 0. The number of nitrogens with zero attached hydrogens (tertiary/aromatic N) is 2. The first kappa shape index (κ1) is 11.0. The number of halogens is 2. The fraction of sp³-hybridized carbons (Fsp3) is 0.500. The molecule has 1 aliphatic heterocycles. The van der Waals surface area contributed by atoms with Crippen molar-refractivity contribution in [3.63, 3.8) is 0 Å². The Morgan fingerprint density at radius 1 is 1.40 bits per heavy atom. The van der Waals surface area contributed by atoms with Gasteiger partial charge in [0.15, 0.2) is 0 Å². The topological polar surface area (TPSA) is 25.4 Å². The monoisotopic (exact) mass is 274 g/mol. The molecule has 1 aromatic heterocycles. The van der Waals surface area contributed by atoms with Crippen molar-refractivity contribution in [3.05, 3.63) is 28.2 Å². The van der Waals surface area contributed by atoms with Crippen LogP contribution >= 0.6 is 15.9 Å². The number of aromatic nitrogens is 1. The summed E-state index contributed by atoms with van der Waals surface area (Å²) >= 11 is 3.08. The molecule has 15 heavy (non-hydrogen) atoms. The molecule has 0 saturated carbocycles. The van der Waals surface area contributed by atoms with E-state index in [9.17, 15) is 4.39 Å².